The third-order valence-electron chi connectivity index (χ3n) is 7.70. The number of nitriles is 2. The summed E-state index contributed by atoms with van der Waals surface area (Å²) >= 11 is 0. The van der Waals surface area contributed by atoms with Crippen LogP contribution in [0.15, 0.2) is 121 Å². The number of hydrogen-bond acceptors (Lipinski definition) is 4. The molecule has 0 spiro atoms. The molecule has 4 nitrogen and oxygen atoms in total. The van der Waals surface area contributed by atoms with Gasteiger partial charge in [-0.3, -0.25) is 0 Å². The van der Waals surface area contributed by atoms with Crippen LogP contribution in [0.5, 0.6) is 0 Å². The molecule has 4 heteroatoms. The summed E-state index contributed by atoms with van der Waals surface area (Å²) in [5, 5.41) is 26.0. The van der Waals surface area contributed by atoms with Gasteiger partial charge in [-0.1, -0.05) is 103 Å². The normalized spacial score (nSPS) is 11.0. The Kier molecular flexibility index (Phi) is 5.67. The molecule has 0 bridgehead atoms. The van der Waals surface area contributed by atoms with E-state index in [0.29, 0.717) is 22.2 Å². The largest absolute Gasteiger partial charge is 0.383 e. The van der Waals surface area contributed by atoms with Crippen molar-refractivity contribution in [1.82, 2.24) is 4.98 Å². The zero-order valence-electron chi connectivity index (χ0n) is 22.0. The van der Waals surface area contributed by atoms with Crippen LogP contribution in [0, 0.1) is 22.7 Å². The third kappa shape index (κ3) is 3.95. The van der Waals surface area contributed by atoms with Crippen LogP contribution < -0.4 is 5.73 Å². The van der Waals surface area contributed by atoms with Crippen LogP contribution in [-0.4, -0.2) is 4.98 Å². The fraction of sp³-hybridized carbons (Fsp3) is 0. The Morgan fingerprint density at radius 1 is 0.512 bits per heavy atom. The van der Waals surface area contributed by atoms with Crippen LogP contribution >= 0.6 is 0 Å². The lowest BCUT2D eigenvalue weighted by molar-refractivity contribution is 1.36. The first kappa shape index (κ1) is 24.1. The van der Waals surface area contributed by atoms with Crippen molar-refractivity contribution in [1.29, 1.82) is 10.5 Å². The van der Waals surface area contributed by atoms with Crippen molar-refractivity contribution in [2.45, 2.75) is 0 Å². The van der Waals surface area contributed by atoms with Crippen LogP contribution in [0.3, 0.4) is 0 Å². The van der Waals surface area contributed by atoms with E-state index in [9.17, 15) is 10.5 Å². The van der Waals surface area contributed by atoms with Crippen molar-refractivity contribution in [3.8, 4) is 45.5 Å². The predicted molar refractivity (Wildman–Crippen MR) is 167 cm³/mol. The summed E-state index contributed by atoms with van der Waals surface area (Å²) in [6.45, 7) is 0. The van der Waals surface area contributed by atoms with E-state index in [4.69, 9.17) is 10.7 Å². The standard InChI is InChI=1S/C37H22N4/c38-21-32-30(28-16-14-23-8-4-6-12-26(23)18-28)20-31(25-10-2-1-3-11-25)35-34(33(22-39)37(40)41-36(32)35)29-17-15-24-9-5-7-13-27(24)19-29/h1-20H,(H2,40,41). The smallest absolute Gasteiger partial charge is 0.142 e. The van der Waals surface area contributed by atoms with Crippen molar-refractivity contribution in [3.05, 3.63) is 132 Å². The van der Waals surface area contributed by atoms with E-state index in [2.05, 4.69) is 54.6 Å². The molecular formula is C37H22N4. The Labute approximate surface area is 237 Å². The fourth-order valence-corrected chi connectivity index (χ4v) is 5.75. The first-order valence-electron chi connectivity index (χ1n) is 13.3. The van der Waals surface area contributed by atoms with Gasteiger partial charge < -0.3 is 5.73 Å². The van der Waals surface area contributed by atoms with Gasteiger partial charge in [-0.2, -0.15) is 10.5 Å². The van der Waals surface area contributed by atoms with Crippen LogP contribution in [0.25, 0.3) is 65.8 Å². The minimum absolute atomic E-state index is 0.106. The number of fused-ring (bicyclic) bond motifs is 3. The van der Waals surface area contributed by atoms with Gasteiger partial charge in [0.15, 0.2) is 0 Å². The van der Waals surface area contributed by atoms with Gasteiger partial charge in [0.25, 0.3) is 0 Å². The Bertz CT molecular complexity index is 2240. The topological polar surface area (TPSA) is 86.5 Å². The van der Waals surface area contributed by atoms with E-state index >= 15 is 0 Å². The number of hydrogen-bond donors (Lipinski definition) is 1. The van der Waals surface area contributed by atoms with E-state index in [1.54, 1.807) is 0 Å². The molecular weight excluding hydrogens is 500 g/mol. The van der Waals surface area contributed by atoms with Gasteiger partial charge in [-0.15, -0.1) is 0 Å². The van der Waals surface area contributed by atoms with E-state index < -0.39 is 0 Å². The summed E-state index contributed by atoms with van der Waals surface area (Å²) in [6, 6.07) is 45.4. The van der Waals surface area contributed by atoms with E-state index in [1.807, 2.05) is 78.9 Å². The molecule has 0 fully saturated rings. The molecule has 7 aromatic rings. The fourth-order valence-electron chi connectivity index (χ4n) is 5.75. The second-order valence-corrected chi connectivity index (χ2v) is 10.0. The molecule has 0 amide bonds. The zero-order valence-corrected chi connectivity index (χ0v) is 22.0. The highest BCUT2D eigenvalue weighted by atomic mass is 14.8. The Morgan fingerprint density at radius 3 is 1.71 bits per heavy atom. The molecule has 0 aliphatic rings. The molecule has 1 heterocycles. The number of pyridine rings is 1. The number of benzene rings is 6. The zero-order chi connectivity index (χ0) is 27.9. The highest BCUT2D eigenvalue weighted by Crippen LogP contribution is 2.44. The summed E-state index contributed by atoms with van der Waals surface area (Å²) in [5.41, 5.74) is 12.7. The second kappa shape index (κ2) is 9.65. The highest BCUT2D eigenvalue weighted by Gasteiger charge is 2.24. The maximum Gasteiger partial charge on any atom is 0.142 e. The van der Waals surface area contributed by atoms with Crippen molar-refractivity contribution in [2.24, 2.45) is 0 Å². The summed E-state index contributed by atoms with van der Waals surface area (Å²) < 4.78 is 0. The predicted octanol–water partition coefficient (Wildman–Crippen LogP) is 8.87. The lowest BCUT2D eigenvalue weighted by Gasteiger charge is -2.19. The molecule has 190 valence electrons. The first-order chi connectivity index (χ1) is 20.2. The quantitative estimate of drug-likeness (QED) is 0.251. The van der Waals surface area contributed by atoms with Gasteiger partial charge in [0.2, 0.25) is 0 Å². The van der Waals surface area contributed by atoms with E-state index in [1.165, 1.54) is 0 Å². The third-order valence-corrected chi connectivity index (χ3v) is 7.70. The molecule has 0 aliphatic heterocycles. The molecule has 7 rings (SSSR count). The average molecular weight is 523 g/mol. The minimum Gasteiger partial charge on any atom is -0.383 e. The number of nitrogens with two attached hydrogens (primary N) is 1. The van der Waals surface area contributed by atoms with Crippen molar-refractivity contribution in [2.75, 3.05) is 5.73 Å². The number of aromatic nitrogens is 1. The number of rotatable bonds is 3. The van der Waals surface area contributed by atoms with Crippen LogP contribution in [0.1, 0.15) is 11.1 Å². The van der Waals surface area contributed by atoms with Gasteiger partial charge in [-0.05, 0) is 62.0 Å². The summed E-state index contributed by atoms with van der Waals surface area (Å²) in [4.78, 5) is 4.73. The van der Waals surface area contributed by atoms with Crippen LogP contribution in [0.2, 0.25) is 0 Å². The maximum absolute atomic E-state index is 10.6. The van der Waals surface area contributed by atoms with Gasteiger partial charge in [0, 0.05) is 16.5 Å². The molecule has 0 saturated carbocycles. The molecule has 1 aromatic heterocycles. The van der Waals surface area contributed by atoms with Crippen molar-refractivity contribution in [3.63, 3.8) is 0 Å². The van der Waals surface area contributed by atoms with E-state index in [0.717, 1.165) is 54.7 Å². The molecule has 0 aliphatic carbocycles. The van der Waals surface area contributed by atoms with Crippen LogP contribution in [-0.2, 0) is 0 Å². The molecule has 0 atom stereocenters. The molecule has 0 radical (unpaired) electrons. The molecule has 0 saturated heterocycles. The minimum atomic E-state index is 0.106. The highest BCUT2D eigenvalue weighted by molar-refractivity contribution is 6.13. The molecule has 6 aromatic carbocycles. The molecule has 0 unspecified atom stereocenters. The summed E-state index contributed by atoms with van der Waals surface area (Å²) in [6.07, 6.45) is 0. The van der Waals surface area contributed by atoms with Gasteiger partial charge in [0.1, 0.15) is 23.5 Å². The SMILES string of the molecule is N#Cc1c(N)nc2c(C#N)c(-c3ccc4ccccc4c3)cc(-c3ccccc3)c2c1-c1ccc2ccccc2c1. The Balaban J connectivity index is 1.65. The van der Waals surface area contributed by atoms with Gasteiger partial charge in [-0.25, -0.2) is 4.98 Å². The average Bonchev–Trinajstić information content (AvgIpc) is 3.03. The molecule has 41 heavy (non-hydrogen) atoms. The molecule has 2 N–H and O–H groups in total. The Hall–Kier alpha value is -5.97. The summed E-state index contributed by atoms with van der Waals surface area (Å²) in [5.74, 6) is 0.106. The monoisotopic (exact) mass is 522 g/mol. The number of anilines is 1. The lowest BCUT2D eigenvalue weighted by Crippen LogP contribution is -2.03. The number of nitrogens with zero attached hydrogens (tertiary/aromatic N) is 3. The van der Waals surface area contributed by atoms with Gasteiger partial charge >= 0.3 is 0 Å². The lowest BCUT2D eigenvalue weighted by atomic mass is 9.85. The maximum atomic E-state index is 10.6. The van der Waals surface area contributed by atoms with E-state index in [-0.39, 0.29) is 5.82 Å². The number of nitrogen functional groups attached to an aromatic ring is 1. The van der Waals surface area contributed by atoms with Crippen molar-refractivity contribution >= 4 is 38.3 Å². The summed E-state index contributed by atoms with van der Waals surface area (Å²) in [7, 11) is 0. The second-order valence-electron chi connectivity index (χ2n) is 10.0. The van der Waals surface area contributed by atoms with Crippen LogP contribution in [0.4, 0.5) is 5.82 Å². The first-order valence-corrected chi connectivity index (χ1v) is 13.3. The van der Waals surface area contributed by atoms with Gasteiger partial charge in [0.05, 0.1) is 11.1 Å². The van der Waals surface area contributed by atoms with Crippen molar-refractivity contribution < 1.29 is 0 Å². The Morgan fingerprint density at radius 2 is 1.07 bits per heavy atom.